The van der Waals surface area contributed by atoms with E-state index in [9.17, 15) is 35.9 Å². The smallest absolute Gasteiger partial charge is 0.325 e. The molecule has 10 nitrogen and oxygen atoms in total. The number of hydrogen-bond acceptors (Lipinski definition) is 9. The van der Waals surface area contributed by atoms with Crippen LogP contribution in [0.15, 0.2) is 85.7 Å². The van der Waals surface area contributed by atoms with Crippen molar-refractivity contribution in [3.05, 3.63) is 119 Å². The van der Waals surface area contributed by atoms with E-state index in [1.54, 1.807) is 30.3 Å². The molecular weight excluding hydrogens is 618 g/mol. The molecule has 16 heteroatoms. The molecule has 2 amide bonds. The second-order valence-corrected chi connectivity index (χ2v) is 9.60. The zero-order valence-electron chi connectivity index (χ0n) is 23.3. The van der Waals surface area contributed by atoms with Gasteiger partial charge in [0.05, 0.1) is 63.0 Å². The predicted octanol–water partition coefficient (Wildman–Crippen LogP) is 5.37. The molecular formula is C30H20F6N8O2. The van der Waals surface area contributed by atoms with Crippen LogP contribution in [0.3, 0.4) is 0 Å². The Hall–Kier alpha value is -5.64. The Morgan fingerprint density at radius 1 is 0.587 bits per heavy atom. The molecule has 0 radical (unpaired) electrons. The van der Waals surface area contributed by atoms with Crippen LogP contribution in [0.2, 0.25) is 0 Å². The number of hydrogen-bond donors (Lipinski definition) is 1. The maximum atomic E-state index is 12.7. The van der Waals surface area contributed by atoms with E-state index in [0.717, 1.165) is 29.4 Å². The first-order valence-electron chi connectivity index (χ1n) is 13.2. The second kappa shape index (κ2) is 12.8. The van der Waals surface area contributed by atoms with Crippen molar-refractivity contribution < 1.29 is 35.9 Å². The monoisotopic (exact) mass is 638 g/mol. The average molecular weight is 639 g/mol. The molecule has 0 saturated carbocycles. The fourth-order valence-electron chi connectivity index (χ4n) is 4.24. The molecule has 0 saturated heterocycles. The summed E-state index contributed by atoms with van der Waals surface area (Å²) in [5, 5.41) is 0. The quantitative estimate of drug-likeness (QED) is 0.199. The Kier molecular flexibility index (Phi) is 8.82. The number of halogens is 6. The van der Waals surface area contributed by atoms with Crippen LogP contribution in [-0.4, -0.2) is 46.6 Å². The van der Waals surface area contributed by atoms with E-state index in [2.05, 4.69) is 29.9 Å². The second-order valence-electron chi connectivity index (χ2n) is 9.60. The largest absolute Gasteiger partial charge is 0.417 e. The van der Waals surface area contributed by atoms with Gasteiger partial charge < -0.3 is 5.73 Å². The molecule has 5 aromatic rings. The Labute approximate surface area is 256 Å². The van der Waals surface area contributed by atoms with E-state index in [4.69, 9.17) is 5.73 Å². The van der Waals surface area contributed by atoms with Crippen LogP contribution in [0, 0.1) is 0 Å². The van der Waals surface area contributed by atoms with E-state index in [1.165, 1.54) is 30.9 Å². The van der Waals surface area contributed by atoms with Crippen molar-refractivity contribution in [3.63, 3.8) is 0 Å². The van der Waals surface area contributed by atoms with E-state index < -0.39 is 35.3 Å². The van der Waals surface area contributed by atoms with Gasteiger partial charge in [0.2, 0.25) is 0 Å². The molecule has 5 heterocycles. The van der Waals surface area contributed by atoms with Crippen LogP contribution in [0.1, 0.15) is 43.2 Å². The number of alkyl halides is 6. The van der Waals surface area contributed by atoms with Crippen LogP contribution in [0.5, 0.6) is 0 Å². The first kappa shape index (κ1) is 31.8. The zero-order valence-corrected chi connectivity index (χ0v) is 23.3. The molecule has 0 atom stereocenters. The molecule has 0 bridgehead atoms. The Bertz CT molecular complexity index is 1850. The molecule has 4 aromatic heterocycles. The van der Waals surface area contributed by atoms with Crippen molar-refractivity contribution >= 4 is 11.8 Å². The SMILES string of the molecule is NCc1cc(-c2ccc(C(F)(F)F)cn2)ncn1.O=C1c2ccccc2C(=O)N1Cc1cc(-c2ccc(C(F)(F)F)cn2)ncn1. The number of imide groups is 1. The van der Waals surface area contributed by atoms with Crippen LogP contribution in [0.4, 0.5) is 26.3 Å². The summed E-state index contributed by atoms with van der Waals surface area (Å²) in [6.45, 7) is 0.151. The summed E-state index contributed by atoms with van der Waals surface area (Å²) < 4.78 is 75.1. The molecule has 1 aromatic carbocycles. The lowest BCUT2D eigenvalue weighted by Gasteiger charge is -2.13. The van der Waals surface area contributed by atoms with Gasteiger partial charge in [-0.25, -0.2) is 19.9 Å². The number of carbonyl (C=O) groups is 2. The summed E-state index contributed by atoms with van der Waals surface area (Å²) in [5.74, 6) is -0.846. The lowest BCUT2D eigenvalue weighted by atomic mass is 10.1. The standard InChI is InChI=1S/C19H11F3N4O2.C11H9F3N4/c20-19(21,22)11-5-6-15(23-8-11)16-7-12(24-10-25-16)9-26-17(27)13-3-1-2-4-14(13)18(26)28;12-11(13,14)7-1-2-9(16-5-7)10-3-8(4-15)17-6-18-10/h1-8,10H,9H2;1-3,5-6H,4,15H2. The van der Waals surface area contributed by atoms with Gasteiger partial charge in [0.25, 0.3) is 11.8 Å². The summed E-state index contributed by atoms with van der Waals surface area (Å²) in [6, 6.07) is 13.9. The van der Waals surface area contributed by atoms with Crippen molar-refractivity contribution in [2.45, 2.75) is 25.4 Å². The van der Waals surface area contributed by atoms with Gasteiger partial charge in [0, 0.05) is 18.9 Å². The Morgan fingerprint density at radius 3 is 1.46 bits per heavy atom. The summed E-state index contributed by atoms with van der Waals surface area (Å²) in [4.78, 5) is 49.4. The normalized spacial score (nSPS) is 12.9. The minimum absolute atomic E-state index is 0.0809. The van der Waals surface area contributed by atoms with Crippen molar-refractivity contribution in [3.8, 4) is 22.8 Å². The molecule has 2 N–H and O–H groups in total. The number of fused-ring (bicyclic) bond motifs is 1. The van der Waals surface area contributed by atoms with Gasteiger partial charge in [-0.3, -0.25) is 24.5 Å². The fraction of sp³-hybridized carbons (Fsp3) is 0.133. The zero-order chi connectivity index (χ0) is 33.1. The molecule has 234 valence electrons. The Balaban J connectivity index is 0.000000200. The molecule has 0 unspecified atom stereocenters. The predicted molar refractivity (Wildman–Crippen MR) is 149 cm³/mol. The topological polar surface area (TPSA) is 141 Å². The van der Waals surface area contributed by atoms with Gasteiger partial charge in [-0.2, -0.15) is 26.3 Å². The van der Waals surface area contributed by atoms with E-state index in [1.807, 2.05) is 0 Å². The number of pyridine rings is 2. The number of nitrogens with zero attached hydrogens (tertiary/aromatic N) is 7. The van der Waals surface area contributed by atoms with E-state index >= 15 is 0 Å². The third-order valence-electron chi connectivity index (χ3n) is 6.56. The number of aromatic nitrogens is 6. The summed E-state index contributed by atoms with van der Waals surface area (Å²) in [6.07, 6.45) is -4.85. The van der Waals surface area contributed by atoms with Gasteiger partial charge in [-0.15, -0.1) is 0 Å². The molecule has 0 aliphatic carbocycles. The molecule has 0 spiro atoms. The highest BCUT2D eigenvalue weighted by atomic mass is 19.4. The van der Waals surface area contributed by atoms with Gasteiger partial charge in [0.1, 0.15) is 12.7 Å². The first-order chi connectivity index (χ1) is 21.8. The molecule has 1 aliphatic heterocycles. The van der Waals surface area contributed by atoms with Crippen molar-refractivity contribution in [1.82, 2.24) is 34.8 Å². The molecule has 46 heavy (non-hydrogen) atoms. The number of benzene rings is 1. The van der Waals surface area contributed by atoms with E-state index in [-0.39, 0.29) is 24.5 Å². The van der Waals surface area contributed by atoms with Crippen molar-refractivity contribution in [1.29, 1.82) is 0 Å². The van der Waals surface area contributed by atoms with Crippen LogP contribution in [0.25, 0.3) is 22.8 Å². The molecule has 1 aliphatic rings. The van der Waals surface area contributed by atoms with Gasteiger partial charge in [-0.05, 0) is 48.5 Å². The lowest BCUT2D eigenvalue weighted by Crippen LogP contribution is -2.29. The summed E-state index contributed by atoms with van der Waals surface area (Å²) >= 11 is 0. The summed E-state index contributed by atoms with van der Waals surface area (Å²) in [5.41, 5.74) is 6.67. The number of nitrogens with two attached hydrogens (primary N) is 1. The van der Waals surface area contributed by atoms with Crippen molar-refractivity contribution in [2.75, 3.05) is 0 Å². The van der Waals surface area contributed by atoms with Gasteiger partial charge in [-0.1, -0.05) is 12.1 Å². The maximum absolute atomic E-state index is 12.7. The maximum Gasteiger partial charge on any atom is 0.417 e. The minimum Gasteiger partial charge on any atom is -0.325 e. The molecule has 0 fully saturated rings. The molecule has 6 rings (SSSR count). The third-order valence-corrected chi connectivity index (χ3v) is 6.56. The first-order valence-corrected chi connectivity index (χ1v) is 13.2. The van der Waals surface area contributed by atoms with Crippen LogP contribution >= 0.6 is 0 Å². The third kappa shape index (κ3) is 7.02. The highest BCUT2D eigenvalue weighted by Gasteiger charge is 2.35. The number of carbonyl (C=O) groups excluding carboxylic acids is 2. The number of amides is 2. The van der Waals surface area contributed by atoms with E-state index in [0.29, 0.717) is 33.9 Å². The Morgan fingerprint density at radius 2 is 1.04 bits per heavy atom. The number of rotatable bonds is 5. The van der Waals surface area contributed by atoms with Gasteiger partial charge >= 0.3 is 12.4 Å². The van der Waals surface area contributed by atoms with Crippen LogP contribution in [-0.2, 0) is 25.4 Å². The lowest BCUT2D eigenvalue weighted by molar-refractivity contribution is -0.138. The highest BCUT2D eigenvalue weighted by Crippen LogP contribution is 2.31. The van der Waals surface area contributed by atoms with Gasteiger partial charge in [0.15, 0.2) is 0 Å². The van der Waals surface area contributed by atoms with Crippen molar-refractivity contribution in [2.24, 2.45) is 5.73 Å². The fourth-order valence-corrected chi connectivity index (χ4v) is 4.24. The minimum atomic E-state index is -4.48. The highest BCUT2D eigenvalue weighted by molar-refractivity contribution is 6.21. The average Bonchev–Trinajstić information content (AvgIpc) is 3.29. The van der Waals surface area contributed by atoms with Crippen LogP contribution < -0.4 is 5.73 Å². The summed E-state index contributed by atoms with van der Waals surface area (Å²) in [7, 11) is 0.